The van der Waals surface area contributed by atoms with Gasteiger partial charge < -0.3 is 15.2 Å². The summed E-state index contributed by atoms with van der Waals surface area (Å²) in [6.07, 6.45) is 3.64. The first-order valence-electron chi connectivity index (χ1n) is 8.06. The number of nitrogens with one attached hydrogen (secondary N) is 2. The number of aromatic nitrogens is 3. The van der Waals surface area contributed by atoms with Crippen LogP contribution in [0.25, 0.3) is 10.9 Å². The van der Waals surface area contributed by atoms with Gasteiger partial charge in [0.25, 0.3) is 0 Å². The fraction of sp³-hybridized carbons (Fsp3) is 0.278. The summed E-state index contributed by atoms with van der Waals surface area (Å²) in [4.78, 5) is 28.7. The molecule has 0 aliphatic heterocycles. The van der Waals surface area contributed by atoms with E-state index in [1.807, 2.05) is 44.4 Å². The van der Waals surface area contributed by atoms with Crippen LogP contribution in [0, 0.1) is 0 Å². The van der Waals surface area contributed by atoms with Gasteiger partial charge in [-0.1, -0.05) is 18.2 Å². The van der Waals surface area contributed by atoms with E-state index >= 15 is 0 Å². The summed E-state index contributed by atoms with van der Waals surface area (Å²) in [6, 6.07) is 8.75. The molecule has 25 heavy (non-hydrogen) atoms. The molecule has 0 bridgehead atoms. The van der Waals surface area contributed by atoms with E-state index in [-0.39, 0.29) is 24.2 Å². The van der Waals surface area contributed by atoms with E-state index in [9.17, 15) is 9.59 Å². The van der Waals surface area contributed by atoms with Crippen LogP contribution < -0.4 is 10.9 Å². The van der Waals surface area contributed by atoms with Crippen molar-refractivity contribution in [1.82, 2.24) is 25.0 Å². The van der Waals surface area contributed by atoms with Crippen molar-refractivity contribution in [2.75, 3.05) is 7.05 Å². The van der Waals surface area contributed by atoms with Crippen LogP contribution in [0.1, 0.15) is 24.1 Å². The quantitative estimate of drug-likeness (QED) is 0.764. The van der Waals surface area contributed by atoms with E-state index in [4.69, 9.17) is 0 Å². The highest BCUT2D eigenvalue weighted by molar-refractivity contribution is 5.82. The third-order valence-corrected chi connectivity index (χ3v) is 4.37. The molecular weight excluding hydrogens is 318 g/mol. The molecule has 3 aromatic rings. The maximum Gasteiger partial charge on any atom is 0.317 e. The first kappa shape index (κ1) is 16.8. The number of amides is 2. The van der Waals surface area contributed by atoms with Gasteiger partial charge in [-0.05, 0) is 18.6 Å². The number of para-hydroxylation sites is 1. The number of hydrogen-bond acceptors (Lipinski definition) is 3. The number of rotatable bonds is 4. The third-order valence-electron chi connectivity index (χ3n) is 4.37. The molecule has 7 heteroatoms. The van der Waals surface area contributed by atoms with Crippen LogP contribution in [0.4, 0.5) is 4.79 Å². The fourth-order valence-electron chi connectivity index (χ4n) is 2.77. The number of carbonyl (C=O) groups excluding carboxylic acids is 1. The van der Waals surface area contributed by atoms with Gasteiger partial charge in [0, 0.05) is 49.4 Å². The first-order valence-corrected chi connectivity index (χ1v) is 8.06. The molecule has 0 unspecified atom stereocenters. The summed E-state index contributed by atoms with van der Waals surface area (Å²) >= 11 is 0. The van der Waals surface area contributed by atoms with Crippen molar-refractivity contribution >= 4 is 16.9 Å². The predicted octanol–water partition coefficient (Wildman–Crippen LogP) is 2.16. The average molecular weight is 339 g/mol. The Kier molecular flexibility index (Phi) is 4.56. The van der Waals surface area contributed by atoms with Gasteiger partial charge in [0.05, 0.1) is 12.2 Å². The fourth-order valence-corrected chi connectivity index (χ4v) is 2.77. The third kappa shape index (κ3) is 3.55. The van der Waals surface area contributed by atoms with Gasteiger partial charge in [0.2, 0.25) is 5.56 Å². The molecule has 2 N–H and O–H groups in total. The molecule has 2 amide bonds. The molecule has 1 atom stereocenters. The predicted molar refractivity (Wildman–Crippen MR) is 96.2 cm³/mol. The topological polar surface area (TPSA) is 83.0 Å². The maximum absolute atomic E-state index is 12.5. The zero-order valence-electron chi connectivity index (χ0n) is 14.5. The number of hydrogen-bond donors (Lipinski definition) is 2. The van der Waals surface area contributed by atoms with E-state index in [1.165, 1.54) is 6.07 Å². The lowest BCUT2D eigenvalue weighted by molar-refractivity contribution is 0.194. The Labute approximate surface area is 145 Å². The van der Waals surface area contributed by atoms with Crippen molar-refractivity contribution in [1.29, 1.82) is 0 Å². The number of benzene rings is 1. The van der Waals surface area contributed by atoms with Crippen LogP contribution in [0.15, 0.2) is 47.5 Å². The number of nitrogens with zero attached hydrogens (tertiary/aromatic N) is 3. The maximum atomic E-state index is 12.5. The number of aromatic amines is 1. The lowest BCUT2D eigenvalue weighted by atomic mass is 10.1. The zero-order valence-corrected chi connectivity index (χ0v) is 14.5. The van der Waals surface area contributed by atoms with Crippen LogP contribution in [0.5, 0.6) is 0 Å². The van der Waals surface area contributed by atoms with Crippen molar-refractivity contribution in [2.24, 2.45) is 7.05 Å². The van der Waals surface area contributed by atoms with Crippen LogP contribution >= 0.6 is 0 Å². The Hall–Kier alpha value is -3.09. The smallest absolute Gasteiger partial charge is 0.317 e. The Bertz CT molecular complexity index is 959. The van der Waals surface area contributed by atoms with Crippen molar-refractivity contribution < 1.29 is 4.79 Å². The van der Waals surface area contributed by atoms with E-state index in [0.717, 1.165) is 22.0 Å². The standard InChI is InChI=1S/C18H21N5O2/c1-12(14-10-20-22(2)11-14)23(3)18(25)19-9-13-8-17(24)21-16-7-5-4-6-15(13)16/h4-8,10-12H,9H2,1-3H3,(H,19,25)(H,21,24)/t12-/m0/s1. The van der Waals surface area contributed by atoms with E-state index in [1.54, 1.807) is 22.8 Å². The molecule has 0 fully saturated rings. The molecule has 0 spiro atoms. The monoisotopic (exact) mass is 339 g/mol. The van der Waals surface area contributed by atoms with Crippen LogP contribution in [-0.4, -0.2) is 32.7 Å². The summed E-state index contributed by atoms with van der Waals surface area (Å²) in [5.41, 5.74) is 2.33. The molecular formula is C18H21N5O2. The highest BCUT2D eigenvalue weighted by Crippen LogP contribution is 2.18. The van der Waals surface area contributed by atoms with Gasteiger partial charge in [-0.15, -0.1) is 0 Å². The normalized spacial score (nSPS) is 12.1. The number of H-pyrrole nitrogens is 1. The number of carbonyl (C=O) groups is 1. The largest absolute Gasteiger partial charge is 0.334 e. The van der Waals surface area contributed by atoms with E-state index in [0.29, 0.717) is 0 Å². The molecule has 3 rings (SSSR count). The molecule has 0 saturated heterocycles. The average Bonchev–Trinajstić information content (AvgIpc) is 3.04. The number of fused-ring (bicyclic) bond motifs is 1. The molecule has 0 radical (unpaired) electrons. The zero-order chi connectivity index (χ0) is 18.0. The molecule has 2 aromatic heterocycles. The highest BCUT2D eigenvalue weighted by atomic mass is 16.2. The Balaban J connectivity index is 1.73. The Morgan fingerprint density at radius 3 is 2.88 bits per heavy atom. The molecule has 0 saturated carbocycles. The van der Waals surface area contributed by atoms with Crippen molar-refractivity contribution in [3.05, 3.63) is 64.2 Å². The molecule has 7 nitrogen and oxygen atoms in total. The first-order chi connectivity index (χ1) is 12.0. The molecule has 0 aliphatic rings. The van der Waals surface area contributed by atoms with Gasteiger partial charge in [-0.3, -0.25) is 9.48 Å². The minimum atomic E-state index is -0.208. The minimum Gasteiger partial charge on any atom is -0.334 e. The second-order valence-electron chi connectivity index (χ2n) is 6.10. The highest BCUT2D eigenvalue weighted by Gasteiger charge is 2.18. The van der Waals surface area contributed by atoms with Crippen LogP contribution in [0.3, 0.4) is 0 Å². The van der Waals surface area contributed by atoms with Gasteiger partial charge in [-0.2, -0.15) is 5.10 Å². The molecule has 1 aromatic carbocycles. The minimum absolute atomic E-state index is 0.107. The SMILES string of the molecule is C[C@@H](c1cnn(C)c1)N(C)C(=O)NCc1cc(=O)[nH]c2ccccc12. The van der Waals surface area contributed by atoms with Crippen LogP contribution in [-0.2, 0) is 13.6 Å². The number of urea groups is 1. The van der Waals surface area contributed by atoms with Crippen LogP contribution in [0.2, 0.25) is 0 Å². The Morgan fingerprint density at radius 1 is 1.40 bits per heavy atom. The summed E-state index contributed by atoms with van der Waals surface area (Å²) in [5, 5.41) is 7.94. The van der Waals surface area contributed by atoms with Gasteiger partial charge in [0.1, 0.15) is 0 Å². The van der Waals surface area contributed by atoms with E-state index in [2.05, 4.69) is 15.4 Å². The van der Waals surface area contributed by atoms with Gasteiger partial charge in [0.15, 0.2) is 0 Å². The summed E-state index contributed by atoms with van der Waals surface area (Å²) < 4.78 is 1.71. The second kappa shape index (κ2) is 6.80. The van der Waals surface area contributed by atoms with Crippen molar-refractivity contribution in [2.45, 2.75) is 19.5 Å². The van der Waals surface area contributed by atoms with Gasteiger partial charge >= 0.3 is 6.03 Å². The lowest BCUT2D eigenvalue weighted by Gasteiger charge is -2.24. The molecule has 130 valence electrons. The molecule has 0 aliphatic carbocycles. The van der Waals surface area contributed by atoms with Crippen molar-refractivity contribution in [3.8, 4) is 0 Å². The van der Waals surface area contributed by atoms with Gasteiger partial charge in [-0.25, -0.2) is 4.79 Å². The van der Waals surface area contributed by atoms with E-state index < -0.39 is 0 Å². The van der Waals surface area contributed by atoms with Crippen molar-refractivity contribution in [3.63, 3.8) is 0 Å². The Morgan fingerprint density at radius 2 is 2.16 bits per heavy atom. The second-order valence-corrected chi connectivity index (χ2v) is 6.10. The lowest BCUT2D eigenvalue weighted by Crippen LogP contribution is -2.38. The summed E-state index contributed by atoms with van der Waals surface area (Å²) in [5.74, 6) is 0. The number of aryl methyl sites for hydroxylation is 1. The summed E-state index contributed by atoms with van der Waals surface area (Å²) in [6.45, 7) is 2.23. The molecule has 2 heterocycles. The number of pyridine rings is 1. The summed E-state index contributed by atoms with van der Waals surface area (Å²) in [7, 11) is 3.58.